The van der Waals surface area contributed by atoms with Crippen LogP contribution in [-0.2, 0) is 0 Å². The number of allylic oxidation sites excluding steroid dienone is 2. The van der Waals surface area contributed by atoms with E-state index < -0.39 is 0 Å². The molecule has 0 unspecified atom stereocenters. The number of hydrogen-bond acceptors (Lipinski definition) is 3. The lowest BCUT2D eigenvalue weighted by atomic mass is 10.0. The predicted octanol–water partition coefficient (Wildman–Crippen LogP) is 5.50. The van der Waals surface area contributed by atoms with Crippen LogP contribution in [0.4, 0.5) is 0 Å². The highest BCUT2D eigenvalue weighted by Crippen LogP contribution is 2.26. The van der Waals surface area contributed by atoms with E-state index in [1.807, 2.05) is 30.4 Å². The highest BCUT2D eigenvalue weighted by molar-refractivity contribution is 5.89. The first-order valence-electron chi connectivity index (χ1n) is 10.4. The summed E-state index contributed by atoms with van der Waals surface area (Å²) in [5.74, 6) is 0. The quantitative estimate of drug-likeness (QED) is 0.389. The Morgan fingerprint density at radius 3 is 2.10 bits per heavy atom. The van der Waals surface area contributed by atoms with Crippen LogP contribution in [0.3, 0.4) is 0 Å². The van der Waals surface area contributed by atoms with Crippen LogP contribution >= 0.6 is 0 Å². The average molecular weight is 403 g/mol. The van der Waals surface area contributed by atoms with Crippen LogP contribution in [0.25, 0.3) is 51.9 Å². The van der Waals surface area contributed by atoms with Gasteiger partial charge >= 0.3 is 0 Å². The fourth-order valence-electron chi connectivity index (χ4n) is 4.04. The molecule has 0 radical (unpaired) electrons. The van der Waals surface area contributed by atoms with Gasteiger partial charge in [-0.1, -0.05) is 6.08 Å². The summed E-state index contributed by atoms with van der Waals surface area (Å²) in [4.78, 5) is 18.7. The molecule has 2 N–H and O–H groups in total. The molecule has 0 fully saturated rings. The summed E-state index contributed by atoms with van der Waals surface area (Å²) in [5.41, 5.74) is 10.2. The first-order chi connectivity index (χ1) is 15.2. The Hall–Kier alpha value is -4.12. The van der Waals surface area contributed by atoms with E-state index in [1.165, 1.54) is 11.1 Å². The molecule has 3 aliphatic heterocycles. The molecule has 6 rings (SSSR count). The highest BCUT2D eigenvalue weighted by Gasteiger charge is 2.09. The maximum atomic E-state index is 4.77. The van der Waals surface area contributed by atoms with E-state index in [0.29, 0.717) is 0 Å². The van der Waals surface area contributed by atoms with E-state index in [0.717, 1.165) is 51.4 Å². The molecule has 0 amide bonds. The van der Waals surface area contributed by atoms with Crippen molar-refractivity contribution < 1.29 is 0 Å². The van der Waals surface area contributed by atoms with Gasteiger partial charge in [-0.2, -0.15) is 0 Å². The van der Waals surface area contributed by atoms with Gasteiger partial charge < -0.3 is 14.9 Å². The summed E-state index contributed by atoms with van der Waals surface area (Å²) in [6.45, 7) is 0.896. The average Bonchev–Trinajstić information content (AvgIpc) is 3.54. The second kappa shape index (κ2) is 6.99. The molecule has 3 aliphatic rings. The van der Waals surface area contributed by atoms with Gasteiger partial charge in [0.15, 0.2) is 0 Å². The molecule has 0 saturated carbocycles. The Morgan fingerprint density at radius 1 is 0.710 bits per heavy atom. The number of aromatic nitrogens is 4. The Balaban J connectivity index is 1.64. The molecule has 31 heavy (non-hydrogen) atoms. The number of rotatable bonds is 1. The van der Waals surface area contributed by atoms with Crippen LogP contribution in [-0.4, -0.2) is 38.4 Å². The topological polar surface area (TPSA) is 60.6 Å². The van der Waals surface area contributed by atoms with Crippen molar-refractivity contribution in [2.45, 2.75) is 0 Å². The third-order valence-corrected chi connectivity index (χ3v) is 5.59. The number of nitrogens with zero attached hydrogens (tertiary/aromatic N) is 3. The molecule has 5 heteroatoms. The molecular weight excluding hydrogens is 382 g/mol. The van der Waals surface area contributed by atoms with Crippen molar-refractivity contribution in [2.24, 2.45) is 0 Å². The third kappa shape index (κ3) is 3.51. The standard InChI is InChI=1S/C26H21N5/c1-31-10-8-17(9-11-31)25-15-24-14-22-5-4-20(28-22)12-18-2-3-19(27-18)13-21-6-7-23(29-21)16-26(25)30-24/h2-10,12-16,28,30H,11H2,1H3. The third-order valence-electron chi connectivity index (χ3n) is 5.59. The van der Waals surface area contributed by atoms with Gasteiger partial charge in [-0.15, -0.1) is 0 Å². The zero-order chi connectivity index (χ0) is 20.8. The van der Waals surface area contributed by atoms with Crippen LogP contribution in [0, 0.1) is 0 Å². The first kappa shape index (κ1) is 17.7. The SMILES string of the molecule is CN1C=CC(c2cc3cc4ccc(cc5nc(cc6nc(cc2[nH]3)C=C6)C=C5)[nH]4)=CC1. The number of likely N-dealkylation sites (N-methyl/N-ethyl adjacent to an activating group) is 1. The van der Waals surface area contributed by atoms with Crippen molar-refractivity contribution in [3.05, 3.63) is 89.2 Å². The maximum Gasteiger partial charge on any atom is 0.0659 e. The molecular formula is C26H21N5. The van der Waals surface area contributed by atoms with Gasteiger partial charge in [-0.3, -0.25) is 0 Å². The lowest BCUT2D eigenvalue weighted by Crippen LogP contribution is -2.13. The number of hydrogen-bond donors (Lipinski definition) is 2. The van der Waals surface area contributed by atoms with Crippen molar-refractivity contribution in [1.29, 1.82) is 0 Å². The van der Waals surface area contributed by atoms with Gasteiger partial charge in [0.25, 0.3) is 0 Å². The summed E-state index contributed by atoms with van der Waals surface area (Å²) in [5, 5.41) is 0. The molecule has 0 atom stereocenters. The Morgan fingerprint density at radius 2 is 1.39 bits per heavy atom. The van der Waals surface area contributed by atoms with Crippen molar-refractivity contribution >= 4 is 51.9 Å². The van der Waals surface area contributed by atoms with Crippen LogP contribution in [0.15, 0.2) is 60.8 Å². The largest absolute Gasteiger partial charge is 0.377 e. The summed E-state index contributed by atoms with van der Waals surface area (Å²) < 4.78 is 0. The molecule has 5 nitrogen and oxygen atoms in total. The summed E-state index contributed by atoms with van der Waals surface area (Å²) >= 11 is 0. The maximum absolute atomic E-state index is 4.77. The Kier molecular flexibility index (Phi) is 3.99. The van der Waals surface area contributed by atoms with Gasteiger partial charge in [0.05, 0.1) is 22.8 Å². The van der Waals surface area contributed by atoms with Gasteiger partial charge in [-0.25, -0.2) is 9.97 Å². The predicted molar refractivity (Wildman–Crippen MR) is 129 cm³/mol. The van der Waals surface area contributed by atoms with Crippen molar-refractivity contribution in [3.63, 3.8) is 0 Å². The minimum atomic E-state index is 0.896. The molecule has 0 aliphatic carbocycles. The molecule has 150 valence electrons. The number of aromatic amines is 2. The number of H-pyrrole nitrogens is 2. The van der Waals surface area contributed by atoms with Gasteiger partial charge in [0, 0.05) is 41.2 Å². The second-order valence-corrected chi connectivity index (χ2v) is 8.00. The van der Waals surface area contributed by atoms with Crippen LogP contribution in [0.5, 0.6) is 0 Å². The monoisotopic (exact) mass is 403 g/mol. The van der Waals surface area contributed by atoms with E-state index in [1.54, 1.807) is 0 Å². The number of fused-ring (bicyclic) bond motifs is 8. The van der Waals surface area contributed by atoms with Crippen LogP contribution < -0.4 is 0 Å². The molecule has 0 saturated heterocycles. The second-order valence-electron chi connectivity index (χ2n) is 8.00. The molecule has 6 heterocycles. The lowest BCUT2D eigenvalue weighted by molar-refractivity contribution is 0.506. The molecule has 3 aromatic rings. The Labute approximate surface area is 179 Å². The van der Waals surface area contributed by atoms with Crippen molar-refractivity contribution in [2.75, 3.05) is 13.6 Å². The fraction of sp³-hybridized carbons (Fsp3) is 0.0769. The van der Waals surface area contributed by atoms with Crippen LogP contribution in [0.2, 0.25) is 0 Å². The number of nitrogens with one attached hydrogen (secondary N) is 2. The van der Waals surface area contributed by atoms with Gasteiger partial charge in [0.2, 0.25) is 0 Å². The zero-order valence-corrected chi connectivity index (χ0v) is 17.1. The normalized spacial score (nSPS) is 14.9. The van der Waals surface area contributed by atoms with E-state index in [9.17, 15) is 0 Å². The summed E-state index contributed by atoms with van der Waals surface area (Å²) in [6, 6.07) is 14.7. The van der Waals surface area contributed by atoms with Crippen molar-refractivity contribution in [3.8, 4) is 0 Å². The van der Waals surface area contributed by atoms with Gasteiger partial charge in [0.1, 0.15) is 0 Å². The van der Waals surface area contributed by atoms with Gasteiger partial charge in [-0.05, 0) is 84.6 Å². The van der Waals surface area contributed by atoms with E-state index in [4.69, 9.17) is 4.98 Å². The molecule has 0 spiro atoms. The van der Waals surface area contributed by atoms with E-state index >= 15 is 0 Å². The highest BCUT2D eigenvalue weighted by atomic mass is 15.1. The molecule has 0 aromatic carbocycles. The molecule has 3 aromatic heterocycles. The summed E-state index contributed by atoms with van der Waals surface area (Å²) in [7, 11) is 2.08. The smallest absolute Gasteiger partial charge is 0.0659 e. The van der Waals surface area contributed by atoms with E-state index in [-0.39, 0.29) is 0 Å². The first-order valence-corrected chi connectivity index (χ1v) is 10.4. The zero-order valence-electron chi connectivity index (χ0n) is 17.1. The van der Waals surface area contributed by atoms with E-state index in [2.05, 4.69) is 81.6 Å². The van der Waals surface area contributed by atoms with Crippen LogP contribution in [0.1, 0.15) is 28.3 Å². The minimum Gasteiger partial charge on any atom is -0.377 e. The fourth-order valence-corrected chi connectivity index (χ4v) is 4.04. The Bertz CT molecular complexity index is 1480. The summed E-state index contributed by atoms with van der Waals surface area (Å²) in [6.07, 6.45) is 14.7. The lowest BCUT2D eigenvalue weighted by Gasteiger charge is -2.16. The van der Waals surface area contributed by atoms with Crippen molar-refractivity contribution in [1.82, 2.24) is 24.8 Å². The molecule has 8 bridgehead atoms. The minimum absolute atomic E-state index is 0.896.